The molecule has 7 heteroatoms. The third kappa shape index (κ3) is 4.51. The number of anilines is 1. The highest BCUT2D eigenvalue weighted by Crippen LogP contribution is 2.21. The SMILES string of the molecule is C#Cc1cccc(NC(=O)CNC(=O)c2ccc(-c3cccs3)[nH]c2=O)c1. The van der Waals surface area contributed by atoms with E-state index < -0.39 is 17.4 Å². The van der Waals surface area contributed by atoms with Crippen molar-refractivity contribution in [2.75, 3.05) is 11.9 Å². The van der Waals surface area contributed by atoms with Gasteiger partial charge < -0.3 is 15.6 Å². The summed E-state index contributed by atoms with van der Waals surface area (Å²) in [6.07, 6.45) is 5.32. The maximum atomic E-state index is 12.2. The monoisotopic (exact) mass is 377 g/mol. The number of nitrogens with one attached hydrogen (secondary N) is 3. The number of pyridine rings is 1. The molecular formula is C20H15N3O3S. The molecule has 2 aromatic heterocycles. The molecule has 0 aliphatic heterocycles. The molecule has 0 aliphatic carbocycles. The van der Waals surface area contributed by atoms with E-state index in [2.05, 4.69) is 21.5 Å². The minimum atomic E-state index is -0.624. The number of amides is 2. The van der Waals surface area contributed by atoms with Gasteiger partial charge in [0.1, 0.15) is 5.56 Å². The Morgan fingerprint density at radius 1 is 1.15 bits per heavy atom. The van der Waals surface area contributed by atoms with Crippen molar-refractivity contribution in [2.24, 2.45) is 0 Å². The van der Waals surface area contributed by atoms with Crippen molar-refractivity contribution in [1.29, 1.82) is 0 Å². The number of hydrogen-bond acceptors (Lipinski definition) is 4. The third-order valence-corrected chi connectivity index (χ3v) is 4.57. The van der Waals surface area contributed by atoms with Crippen molar-refractivity contribution < 1.29 is 9.59 Å². The highest BCUT2D eigenvalue weighted by molar-refractivity contribution is 7.13. The predicted octanol–water partition coefficient (Wildman–Crippen LogP) is 2.45. The molecule has 2 heterocycles. The second-order valence-electron chi connectivity index (χ2n) is 5.55. The van der Waals surface area contributed by atoms with Crippen molar-refractivity contribution in [3.63, 3.8) is 0 Å². The van der Waals surface area contributed by atoms with Crippen LogP contribution in [0.4, 0.5) is 5.69 Å². The van der Waals surface area contributed by atoms with Gasteiger partial charge in [-0.2, -0.15) is 0 Å². The van der Waals surface area contributed by atoms with Crippen LogP contribution in [0.5, 0.6) is 0 Å². The molecular weight excluding hydrogens is 362 g/mol. The molecule has 134 valence electrons. The Morgan fingerprint density at radius 3 is 2.70 bits per heavy atom. The fraction of sp³-hybridized carbons (Fsp3) is 0.0500. The van der Waals surface area contributed by atoms with Crippen LogP contribution in [0.3, 0.4) is 0 Å². The Morgan fingerprint density at radius 2 is 2.00 bits per heavy atom. The van der Waals surface area contributed by atoms with Crippen molar-refractivity contribution >= 4 is 28.8 Å². The maximum Gasteiger partial charge on any atom is 0.261 e. The second-order valence-corrected chi connectivity index (χ2v) is 6.50. The van der Waals surface area contributed by atoms with Gasteiger partial charge in [0.05, 0.1) is 17.1 Å². The predicted molar refractivity (Wildman–Crippen MR) is 106 cm³/mol. The lowest BCUT2D eigenvalue weighted by Gasteiger charge is -2.07. The number of aromatic nitrogens is 1. The zero-order chi connectivity index (χ0) is 19.2. The fourth-order valence-electron chi connectivity index (χ4n) is 2.38. The van der Waals surface area contributed by atoms with Crippen LogP contribution in [-0.4, -0.2) is 23.3 Å². The summed E-state index contributed by atoms with van der Waals surface area (Å²) >= 11 is 1.48. The van der Waals surface area contributed by atoms with Crippen LogP contribution in [0, 0.1) is 12.3 Å². The standard InChI is InChI=1S/C20H15N3O3S/c1-2-13-5-3-6-14(11-13)22-18(24)12-21-19(25)15-8-9-16(23-20(15)26)17-7-4-10-27-17/h1,3-11H,12H2,(H,21,25)(H,22,24)(H,23,26). The largest absolute Gasteiger partial charge is 0.343 e. The third-order valence-electron chi connectivity index (χ3n) is 3.66. The molecule has 2 amide bonds. The molecule has 0 atom stereocenters. The number of thiophene rings is 1. The maximum absolute atomic E-state index is 12.2. The molecule has 0 bridgehead atoms. The van der Waals surface area contributed by atoms with E-state index in [-0.39, 0.29) is 12.1 Å². The average Bonchev–Trinajstić information content (AvgIpc) is 3.21. The summed E-state index contributed by atoms with van der Waals surface area (Å²) in [7, 11) is 0. The number of benzene rings is 1. The molecule has 0 unspecified atom stereocenters. The zero-order valence-corrected chi connectivity index (χ0v) is 14.9. The number of terminal acetylenes is 1. The fourth-order valence-corrected chi connectivity index (χ4v) is 3.08. The summed E-state index contributed by atoms with van der Waals surface area (Å²) in [5.74, 6) is 1.42. The summed E-state index contributed by atoms with van der Waals surface area (Å²) < 4.78 is 0. The molecule has 6 nitrogen and oxygen atoms in total. The topological polar surface area (TPSA) is 91.1 Å². The molecule has 3 rings (SSSR count). The summed E-state index contributed by atoms with van der Waals surface area (Å²) in [6, 6.07) is 13.6. The first-order chi connectivity index (χ1) is 13.1. The van der Waals surface area contributed by atoms with Crippen LogP contribution in [0.15, 0.2) is 58.7 Å². The van der Waals surface area contributed by atoms with E-state index in [0.717, 1.165) is 4.88 Å². The minimum absolute atomic E-state index is 0.0579. The number of hydrogen-bond donors (Lipinski definition) is 3. The van der Waals surface area contributed by atoms with E-state index in [1.165, 1.54) is 17.4 Å². The molecule has 27 heavy (non-hydrogen) atoms. The molecule has 1 aromatic carbocycles. The molecule has 0 spiro atoms. The van der Waals surface area contributed by atoms with Crippen molar-refractivity contribution in [1.82, 2.24) is 10.3 Å². The Balaban J connectivity index is 1.61. The Hall–Kier alpha value is -3.63. The van der Waals surface area contributed by atoms with E-state index in [9.17, 15) is 14.4 Å². The normalized spacial score (nSPS) is 10.0. The number of rotatable bonds is 5. The van der Waals surface area contributed by atoms with Gasteiger partial charge in [0.25, 0.3) is 11.5 Å². The number of carbonyl (C=O) groups excluding carboxylic acids is 2. The lowest BCUT2D eigenvalue weighted by Crippen LogP contribution is -2.35. The first-order valence-electron chi connectivity index (χ1n) is 7.99. The average molecular weight is 377 g/mol. The van der Waals surface area contributed by atoms with Gasteiger partial charge in [0.15, 0.2) is 0 Å². The van der Waals surface area contributed by atoms with Gasteiger partial charge in [-0.25, -0.2) is 0 Å². The smallest absolute Gasteiger partial charge is 0.261 e. The first kappa shape index (κ1) is 18.2. The van der Waals surface area contributed by atoms with Gasteiger partial charge in [-0.1, -0.05) is 18.1 Å². The number of aromatic amines is 1. The van der Waals surface area contributed by atoms with Gasteiger partial charge in [-0.15, -0.1) is 17.8 Å². The van der Waals surface area contributed by atoms with Gasteiger partial charge in [0.2, 0.25) is 5.91 Å². The van der Waals surface area contributed by atoms with E-state index in [1.54, 1.807) is 30.3 Å². The van der Waals surface area contributed by atoms with Gasteiger partial charge >= 0.3 is 0 Å². The highest BCUT2D eigenvalue weighted by Gasteiger charge is 2.13. The molecule has 0 fully saturated rings. The zero-order valence-electron chi connectivity index (χ0n) is 14.1. The lowest BCUT2D eigenvalue weighted by molar-refractivity contribution is -0.115. The van der Waals surface area contributed by atoms with Crippen LogP contribution in [0.1, 0.15) is 15.9 Å². The summed E-state index contributed by atoms with van der Waals surface area (Å²) in [4.78, 5) is 39.9. The Labute approximate surface area is 159 Å². The first-order valence-corrected chi connectivity index (χ1v) is 8.87. The molecule has 0 radical (unpaired) electrons. The van der Waals surface area contributed by atoms with Crippen molar-refractivity contribution in [2.45, 2.75) is 0 Å². The van der Waals surface area contributed by atoms with E-state index in [0.29, 0.717) is 16.9 Å². The van der Waals surface area contributed by atoms with Gasteiger partial charge in [-0.05, 0) is 41.8 Å². The summed E-state index contributed by atoms with van der Waals surface area (Å²) in [5, 5.41) is 6.96. The van der Waals surface area contributed by atoms with Gasteiger partial charge in [-0.3, -0.25) is 14.4 Å². The van der Waals surface area contributed by atoms with Crippen LogP contribution in [0.25, 0.3) is 10.6 Å². The number of H-pyrrole nitrogens is 1. The number of carbonyl (C=O) groups is 2. The quantitative estimate of drug-likeness (QED) is 0.597. The van der Waals surface area contributed by atoms with Crippen LogP contribution >= 0.6 is 11.3 Å². The molecule has 3 aromatic rings. The Bertz CT molecular complexity index is 1080. The molecule has 3 N–H and O–H groups in total. The van der Waals surface area contributed by atoms with E-state index in [1.807, 2.05) is 17.5 Å². The summed E-state index contributed by atoms with van der Waals surface area (Å²) in [5.41, 5.74) is 1.23. The van der Waals surface area contributed by atoms with Crippen molar-refractivity contribution in [3.8, 4) is 22.9 Å². The lowest BCUT2D eigenvalue weighted by atomic mass is 10.2. The second kappa shape index (κ2) is 8.17. The summed E-state index contributed by atoms with van der Waals surface area (Å²) in [6.45, 7) is -0.273. The van der Waals surface area contributed by atoms with Gasteiger partial charge in [0, 0.05) is 11.3 Å². The van der Waals surface area contributed by atoms with Crippen LogP contribution < -0.4 is 16.2 Å². The molecule has 0 aliphatic rings. The minimum Gasteiger partial charge on any atom is -0.343 e. The Kier molecular flexibility index (Phi) is 5.50. The van der Waals surface area contributed by atoms with E-state index in [4.69, 9.17) is 6.42 Å². The molecule has 0 saturated carbocycles. The highest BCUT2D eigenvalue weighted by atomic mass is 32.1. The van der Waals surface area contributed by atoms with Crippen LogP contribution in [0.2, 0.25) is 0 Å². The van der Waals surface area contributed by atoms with E-state index >= 15 is 0 Å². The van der Waals surface area contributed by atoms with Crippen LogP contribution in [-0.2, 0) is 4.79 Å². The molecule has 0 saturated heterocycles. The van der Waals surface area contributed by atoms with Crippen molar-refractivity contribution in [3.05, 3.63) is 75.4 Å².